The number of anilines is 1. The van der Waals surface area contributed by atoms with Crippen molar-refractivity contribution in [1.29, 1.82) is 0 Å². The summed E-state index contributed by atoms with van der Waals surface area (Å²) in [6.07, 6.45) is 3.10. The highest BCUT2D eigenvalue weighted by Gasteiger charge is 2.26. The van der Waals surface area contributed by atoms with Crippen LogP contribution in [0.1, 0.15) is 29.9 Å². The lowest BCUT2D eigenvalue weighted by Gasteiger charge is -2.16. The molecule has 2 aromatic heterocycles. The molecular formula is C16H18N6O2. The molecule has 0 saturated carbocycles. The maximum atomic E-state index is 12.5. The van der Waals surface area contributed by atoms with Crippen molar-refractivity contribution in [3.8, 4) is 11.3 Å². The summed E-state index contributed by atoms with van der Waals surface area (Å²) in [5, 5.41) is 14.6. The summed E-state index contributed by atoms with van der Waals surface area (Å²) < 4.78 is 6.53. The number of carbonyl (C=O) groups excluding carboxylic acids is 1. The number of nitrogens with one attached hydrogen (secondary N) is 1. The number of hydrogen-bond acceptors (Lipinski definition) is 6. The zero-order valence-electron chi connectivity index (χ0n) is 13.6. The Bertz CT molecular complexity index is 875. The van der Waals surface area contributed by atoms with Gasteiger partial charge in [0.05, 0.1) is 11.7 Å². The van der Waals surface area contributed by atoms with E-state index in [0.29, 0.717) is 16.9 Å². The Morgan fingerprint density at radius 3 is 2.83 bits per heavy atom. The van der Waals surface area contributed by atoms with E-state index in [2.05, 4.69) is 20.8 Å². The molecule has 0 fully saturated rings. The van der Waals surface area contributed by atoms with Gasteiger partial charge in [0.25, 0.3) is 5.91 Å². The van der Waals surface area contributed by atoms with Crippen LogP contribution in [0, 0.1) is 0 Å². The summed E-state index contributed by atoms with van der Waals surface area (Å²) in [5.74, 6) is -0.332. The van der Waals surface area contributed by atoms with Gasteiger partial charge in [0, 0.05) is 18.3 Å². The van der Waals surface area contributed by atoms with Gasteiger partial charge in [0.1, 0.15) is 23.2 Å². The van der Waals surface area contributed by atoms with Gasteiger partial charge in [-0.3, -0.25) is 9.48 Å². The molecule has 0 aliphatic heterocycles. The Balaban J connectivity index is 1.84. The number of aromatic nitrogens is 4. The fourth-order valence-electron chi connectivity index (χ4n) is 2.30. The van der Waals surface area contributed by atoms with Crippen LogP contribution in [-0.2, 0) is 12.6 Å². The van der Waals surface area contributed by atoms with E-state index >= 15 is 0 Å². The SMILES string of the molecule is Cn1cc(-c2cccc(NC(=O)c3conc3C(C)(C)N)c2)nn1. The minimum atomic E-state index is -0.777. The van der Waals surface area contributed by atoms with Gasteiger partial charge in [-0.1, -0.05) is 22.5 Å². The maximum Gasteiger partial charge on any atom is 0.260 e. The van der Waals surface area contributed by atoms with Crippen LogP contribution in [0.2, 0.25) is 0 Å². The molecule has 1 aromatic carbocycles. The molecule has 3 N–H and O–H groups in total. The van der Waals surface area contributed by atoms with Crippen LogP contribution in [-0.4, -0.2) is 26.1 Å². The first-order valence-corrected chi connectivity index (χ1v) is 7.36. The molecular weight excluding hydrogens is 308 g/mol. The Hall–Kier alpha value is -3.00. The zero-order valence-corrected chi connectivity index (χ0v) is 13.6. The number of nitrogens with two attached hydrogens (primary N) is 1. The second kappa shape index (κ2) is 5.89. The first-order chi connectivity index (χ1) is 11.3. The van der Waals surface area contributed by atoms with E-state index in [9.17, 15) is 4.79 Å². The van der Waals surface area contributed by atoms with Gasteiger partial charge in [-0.25, -0.2) is 0 Å². The molecule has 3 rings (SSSR count). The summed E-state index contributed by atoms with van der Waals surface area (Å²) in [5.41, 5.74) is 8.17. The highest BCUT2D eigenvalue weighted by atomic mass is 16.5. The van der Waals surface area contributed by atoms with Gasteiger partial charge in [-0.05, 0) is 26.0 Å². The smallest absolute Gasteiger partial charge is 0.260 e. The molecule has 0 bridgehead atoms. The molecule has 0 radical (unpaired) electrons. The van der Waals surface area contributed by atoms with E-state index in [1.165, 1.54) is 6.26 Å². The number of benzene rings is 1. The second-order valence-corrected chi connectivity index (χ2v) is 6.11. The molecule has 0 unspecified atom stereocenters. The van der Waals surface area contributed by atoms with Crippen molar-refractivity contribution in [3.05, 3.63) is 48.0 Å². The highest BCUT2D eigenvalue weighted by Crippen LogP contribution is 2.23. The molecule has 0 aliphatic carbocycles. The number of carbonyl (C=O) groups is 1. The number of nitrogens with zero attached hydrogens (tertiary/aromatic N) is 4. The normalized spacial score (nSPS) is 11.5. The predicted octanol–water partition coefficient (Wildman–Crippen LogP) is 1.92. The number of rotatable bonds is 4. The van der Waals surface area contributed by atoms with Crippen molar-refractivity contribution in [2.24, 2.45) is 12.8 Å². The van der Waals surface area contributed by atoms with Crippen molar-refractivity contribution in [2.75, 3.05) is 5.32 Å². The highest BCUT2D eigenvalue weighted by molar-refractivity contribution is 6.05. The van der Waals surface area contributed by atoms with Crippen LogP contribution >= 0.6 is 0 Å². The monoisotopic (exact) mass is 326 g/mol. The molecule has 2 heterocycles. The Kier molecular flexibility index (Phi) is 3.90. The summed E-state index contributed by atoms with van der Waals surface area (Å²) >= 11 is 0. The van der Waals surface area contributed by atoms with Crippen molar-refractivity contribution in [2.45, 2.75) is 19.4 Å². The molecule has 3 aromatic rings. The molecule has 0 spiro atoms. The Labute approximate surface area is 138 Å². The molecule has 8 heteroatoms. The zero-order chi connectivity index (χ0) is 17.3. The quantitative estimate of drug-likeness (QED) is 0.757. The molecule has 0 aliphatic rings. The molecule has 124 valence electrons. The van der Waals surface area contributed by atoms with E-state index in [1.807, 2.05) is 18.2 Å². The van der Waals surface area contributed by atoms with Gasteiger partial charge in [-0.15, -0.1) is 5.10 Å². The van der Waals surface area contributed by atoms with Crippen molar-refractivity contribution in [1.82, 2.24) is 20.2 Å². The third-order valence-corrected chi connectivity index (χ3v) is 3.44. The number of amides is 1. The molecule has 0 atom stereocenters. The average molecular weight is 326 g/mol. The van der Waals surface area contributed by atoms with Crippen molar-refractivity contribution in [3.63, 3.8) is 0 Å². The summed E-state index contributed by atoms with van der Waals surface area (Å²) in [6, 6.07) is 7.34. The van der Waals surface area contributed by atoms with Crippen LogP contribution in [0.25, 0.3) is 11.3 Å². The van der Waals surface area contributed by atoms with Gasteiger partial charge in [0.15, 0.2) is 0 Å². The van der Waals surface area contributed by atoms with E-state index < -0.39 is 5.54 Å². The van der Waals surface area contributed by atoms with Crippen molar-refractivity contribution < 1.29 is 9.32 Å². The fourth-order valence-corrected chi connectivity index (χ4v) is 2.30. The summed E-state index contributed by atoms with van der Waals surface area (Å²) in [4.78, 5) is 12.5. The van der Waals surface area contributed by atoms with Crippen LogP contribution in [0.3, 0.4) is 0 Å². The van der Waals surface area contributed by atoms with Crippen molar-refractivity contribution >= 4 is 11.6 Å². The topological polar surface area (TPSA) is 112 Å². The lowest BCUT2D eigenvalue weighted by atomic mass is 9.98. The lowest BCUT2D eigenvalue weighted by Crippen LogP contribution is -2.31. The maximum absolute atomic E-state index is 12.5. The fraction of sp³-hybridized carbons (Fsp3) is 0.250. The predicted molar refractivity (Wildman–Crippen MR) is 88.1 cm³/mol. The molecule has 1 amide bonds. The summed E-state index contributed by atoms with van der Waals surface area (Å²) in [6.45, 7) is 3.52. The molecule has 8 nitrogen and oxygen atoms in total. The van der Waals surface area contributed by atoms with Gasteiger partial charge >= 0.3 is 0 Å². The third-order valence-electron chi connectivity index (χ3n) is 3.44. The Morgan fingerprint density at radius 1 is 1.38 bits per heavy atom. The third kappa shape index (κ3) is 3.18. The van der Waals surface area contributed by atoms with Crippen LogP contribution < -0.4 is 11.1 Å². The van der Waals surface area contributed by atoms with E-state index in [0.717, 1.165) is 11.3 Å². The van der Waals surface area contributed by atoms with Gasteiger partial charge < -0.3 is 15.6 Å². The van der Waals surface area contributed by atoms with Crippen LogP contribution in [0.15, 0.2) is 41.2 Å². The minimum absolute atomic E-state index is 0.312. The second-order valence-electron chi connectivity index (χ2n) is 6.11. The first kappa shape index (κ1) is 15.9. The number of hydrogen-bond donors (Lipinski definition) is 2. The molecule has 24 heavy (non-hydrogen) atoms. The minimum Gasteiger partial charge on any atom is -0.364 e. The lowest BCUT2D eigenvalue weighted by molar-refractivity contribution is 0.102. The Morgan fingerprint density at radius 2 is 2.17 bits per heavy atom. The van der Waals surface area contributed by atoms with E-state index in [-0.39, 0.29) is 5.91 Å². The van der Waals surface area contributed by atoms with Crippen LogP contribution in [0.5, 0.6) is 0 Å². The van der Waals surface area contributed by atoms with Gasteiger partial charge in [-0.2, -0.15) is 0 Å². The largest absolute Gasteiger partial charge is 0.364 e. The van der Waals surface area contributed by atoms with Crippen LogP contribution in [0.4, 0.5) is 5.69 Å². The first-order valence-electron chi connectivity index (χ1n) is 7.36. The van der Waals surface area contributed by atoms with Gasteiger partial charge in [0.2, 0.25) is 0 Å². The number of aryl methyl sites for hydroxylation is 1. The summed E-state index contributed by atoms with van der Waals surface area (Å²) in [7, 11) is 1.80. The average Bonchev–Trinajstić information content (AvgIpc) is 3.15. The van der Waals surface area contributed by atoms with E-state index in [1.54, 1.807) is 37.8 Å². The molecule has 0 saturated heterocycles. The van der Waals surface area contributed by atoms with E-state index in [4.69, 9.17) is 10.3 Å². The standard InChI is InChI=1S/C16H18N6O2/c1-16(2,17)14-12(9-24-20-14)15(23)18-11-6-4-5-10(7-11)13-8-22(3)21-19-13/h4-9H,17H2,1-3H3,(H,18,23).